The van der Waals surface area contributed by atoms with Crippen molar-refractivity contribution in [2.75, 3.05) is 13.7 Å². The Morgan fingerprint density at radius 1 is 1.29 bits per heavy atom. The molecule has 1 saturated carbocycles. The molecule has 0 atom stereocenters. The van der Waals surface area contributed by atoms with Gasteiger partial charge in [0.15, 0.2) is 0 Å². The van der Waals surface area contributed by atoms with Crippen LogP contribution < -0.4 is 4.74 Å². The Bertz CT molecular complexity index is 683. The molecular formula is C18H20INO3S. The van der Waals surface area contributed by atoms with Gasteiger partial charge in [-0.3, -0.25) is 14.5 Å². The number of carbonyl (C=O) groups excluding carboxylic acids is 2. The normalized spacial score (nSPS) is 20.9. The summed E-state index contributed by atoms with van der Waals surface area (Å²) in [6, 6.07) is 5.73. The second-order valence-electron chi connectivity index (χ2n) is 6.19. The van der Waals surface area contributed by atoms with E-state index in [1.807, 2.05) is 18.2 Å². The van der Waals surface area contributed by atoms with Crippen molar-refractivity contribution in [2.45, 2.75) is 32.1 Å². The number of rotatable bonds is 4. The highest BCUT2D eigenvalue weighted by Gasteiger charge is 2.36. The second kappa shape index (κ2) is 7.91. The minimum atomic E-state index is -0.151. The lowest BCUT2D eigenvalue weighted by Crippen LogP contribution is -2.34. The van der Waals surface area contributed by atoms with E-state index in [9.17, 15) is 9.59 Å². The van der Waals surface area contributed by atoms with E-state index < -0.39 is 0 Å². The third kappa shape index (κ3) is 3.96. The van der Waals surface area contributed by atoms with Crippen molar-refractivity contribution < 1.29 is 14.3 Å². The zero-order valence-corrected chi connectivity index (χ0v) is 16.6. The van der Waals surface area contributed by atoms with Gasteiger partial charge in [-0.15, -0.1) is 0 Å². The zero-order valence-electron chi connectivity index (χ0n) is 13.6. The highest BCUT2D eigenvalue weighted by Crippen LogP contribution is 2.35. The maximum Gasteiger partial charge on any atom is 0.293 e. The van der Waals surface area contributed by atoms with Crippen LogP contribution in [-0.2, 0) is 4.79 Å². The zero-order chi connectivity index (χ0) is 17.1. The van der Waals surface area contributed by atoms with Gasteiger partial charge in [-0.05, 0) is 76.9 Å². The topological polar surface area (TPSA) is 46.6 Å². The van der Waals surface area contributed by atoms with E-state index >= 15 is 0 Å². The number of methoxy groups -OCH3 is 1. The summed E-state index contributed by atoms with van der Waals surface area (Å²) in [6.45, 7) is 0.572. The molecule has 1 aliphatic carbocycles. The third-order valence-electron chi connectivity index (χ3n) is 4.51. The number of nitrogens with zero attached hydrogens (tertiary/aromatic N) is 1. The van der Waals surface area contributed by atoms with Crippen molar-refractivity contribution in [1.29, 1.82) is 0 Å². The second-order valence-corrected chi connectivity index (χ2v) is 8.35. The molecular weight excluding hydrogens is 437 g/mol. The fourth-order valence-electron chi connectivity index (χ4n) is 3.21. The molecule has 1 aromatic rings. The number of imide groups is 1. The van der Waals surface area contributed by atoms with E-state index in [0.717, 1.165) is 39.5 Å². The van der Waals surface area contributed by atoms with Gasteiger partial charge >= 0.3 is 0 Å². The van der Waals surface area contributed by atoms with E-state index in [2.05, 4.69) is 22.6 Å². The van der Waals surface area contributed by atoms with E-state index in [0.29, 0.717) is 17.4 Å². The molecule has 0 radical (unpaired) electrons. The molecule has 4 nitrogen and oxygen atoms in total. The Morgan fingerprint density at radius 2 is 2.04 bits per heavy atom. The van der Waals surface area contributed by atoms with Crippen molar-refractivity contribution in [3.8, 4) is 5.75 Å². The number of amides is 2. The lowest BCUT2D eigenvalue weighted by atomic mass is 9.89. The van der Waals surface area contributed by atoms with E-state index in [1.54, 1.807) is 13.2 Å². The average molecular weight is 457 g/mol. The molecule has 1 aliphatic heterocycles. The van der Waals surface area contributed by atoms with Gasteiger partial charge in [0.25, 0.3) is 11.1 Å². The molecule has 0 bridgehead atoms. The Morgan fingerprint density at radius 3 is 2.71 bits per heavy atom. The molecule has 0 aromatic heterocycles. The smallest absolute Gasteiger partial charge is 0.293 e. The predicted octanol–water partition coefficient (Wildman–Crippen LogP) is 4.92. The molecule has 1 heterocycles. The van der Waals surface area contributed by atoms with Crippen LogP contribution in [0.4, 0.5) is 4.79 Å². The molecule has 1 aromatic carbocycles. The van der Waals surface area contributed by atoms with E-state index in [4.69, 9.17) is 4.74 Å². The number of carbonyl (C=O) groups is 2. The monoisotopic (exact) mass is 457 g/mol. The fraction of sp³-hybridized carbons (Fsp3) is 0.444. The first kappa shape index (κ1) is 17.8. The van der Waals surface area contributed by atoms with Gasteiger partial charge in [-0.25, -0.2) is 0 Å². The minimum absolute atomic E-state index is 0.139. The van der Waals surface area contributed by atoms with Crippen LogP contribution in [0.5, 0.6) is 5.75 Å². The molecule has 0 spiro atoms. The standard InChI is InChI=1S/C18H20INO3S/c1-23-15-8-7-13(9-14(15)19)10-16-17(21)20(18(22)24-16)11-12-5-3-2-4-6-12/h7-10,12H,2-6,11H2,1H3. The Hall–Kier alpha value is -1.02. The first-order chi connectivity index (χ1) is 11.6. The highest BCUT2D eigenvalue weighted by molar-refractivity contribution is 14.1. The Labute approximate surface area is 160 Å². The van der Waals surface area contributed by atoms with Crippen LogP contribution in [0, 0.1) is 9.49 Å². The molecule has 2 fully saturated rings. The van der Waals surface area contributed by atoms with Crippen LogP contribution in [0.15, 0.2) is 23.1 Å². The third-order valence-corrected chi connectivity index (χ3v) is 6.26. The Kier molecular flexibility index (Phi) is 5.86. The van der Waals surface area contributed by atoms with Crippen LogP contribution >= 0.6 is 34.4 Å². The van der Waals surface area contributed by atoms with Crippen molar-refractivity contribution in [1.82, 2.24) is 4.90 Å². The fourth-order valence-corrected chi connectivity index (χ4v) is 4.82. The first-order valence-electron chi connectivity index (χ1n) is 8.17. The highest BCUT2D eigenvalue weighted by atomic mass is 127. The quantitative estimate of drug-likeness (QED) is 0.476. The van der Waals surface area contributed by atoms with Crippen molar-refractivity contribution in [2.24, 2.45) is 5.92 Å². The molecule has 3 rings (SSSR count). The molecule has 0 unspecified atom stereocenters. The maximum atomic E-state index is 12.6. The number of benzene rings is 1. The van der Waals surface area contributed by atoms with Gasteiger partial charge in [0, 0.05) is 6.54 Å². The van der Waals surface area contributed by atoms with Crippen molar-refractivity contribution >= 4 is 51.6 Å². The summed E-state index contributed by atoms with van der Waals surface area (Å²) in [4.78, 5) is 26.8. The molecule has 24 heavy (non-hydrogen) atoms. The average Bonchev–Trinajstić information content (AvgIpc) is 2.84. The summed E-state index contributed by atoms with van der Waals surface area (Å²) < 4.78 is 6.22. The number of thioether (sulfide) groups is 1. The first-order valence-corrected chi connectivity index (χ1v) is 10.1. The van der Waals surface area contributed by atoms with Gasteiger partial charge in [0.1, 0.15) is 5.75 Å². The molecule has 6 heteroatoms. The number of hydrogen-bond donors (Lipinski definition) is 0. The summed E-state index contributed by atoms with van der Waals surface area (Å²) in [5.41, 5.74) is 0.906. The van der Waals surface area contributed by atoms with Crippen LogP contribution in [0.1, 0.15) is 37.7 Å². The maximum absolute atomic E-state index is 12.6. The van der Waals surface area contributed by atoms with Crippen molar-refractivity contribution in [3.05, 3.63) is 32.2 Å². The molecule has 2 amide bonds. The minimum Gasteiger partial charge on any atom is -0.496 e. The summed E-state index contributed by atoms with van der Waals surface area (Å²) >= 11 is 3.25. The summed E-state index contributed by atoms with van der Waals surface area (Å²) in [6.07, 6.45) is 7.73. The van der Waals surface area contributed by atoms with Crippen LogP contribution in [-0.4, -0.2) is 29.7 Å². The van der Waals surface area contributed by atoms with Gasteiger partial charge in [-0.2, -0.15) is 0 Å². The van der Waals surface area contributed by atoms with Gasteiger partial charge < -0.3 is 4.74 Å². The summed E-state index contributed by atoms with van der Waals surface area (Å²) in [5, 5.41) is -0.139. The van der Waals surface area contributed by atoms with Crippen LogP contribution in [0.3, 0.4) is 0 Å². The lowest BCUT2D eigenvalue weighted by Gasteiger charge is -2.25. The lowest BCUT2D eigenvalue weighted by molar-refractivity contribution is -0.123. The summed E-state index contributed by atoms with van der Waals surface area (Å²) in [7, 11) is 1.63. The van der Waals surface area contributed by atoms with Crippen LogP contribution in [0.2, 0.25) is 0 Å². The van der Waals surface area contributed by atoms with Crippen molar-refractivity contribution in [3.63, 3.8) is 0 Å². The van der Waals surface area contributed by atoms with Crippen LogP contribution in [0.25, 0.3) is 6.08 Å². The van der Waals surface area contributed by atoms with Gasteiger partial charge in [0.05, 0.1) is 15.6 Å². The summed E-state index contributed by atoms with van der Waals surface area (Å²) in [5.74, 6) is 1.12. The largest absolute Gasteiger partial charge is 0.496 e. The SMILES string of the molecule is COc1ccc(C=C2SC(=O)N(CC3CCCCC3)C2=O)cc1I. The predicted molar refractivity (Wildman–Crippen MR) is 105 cm³/mol. The van der Waals surface area contributed by atoms with Gasteiger partial charge in [0.2, 0.25) is 0 Å². The van der Waals surface area contributed by atoms with Gasteiger partial charge in [-0.1, -0.05) is 25.3 Å². The van der Waals surface area contributed by atoms with E-state index in [1.165, 1.54) is 24.2 Å². The molecule has 1 saturated heterocycles. The molecule has 0 N–H and O–H groups in total. The number of halogens is 1. The number of ether oxygens (including phenoxy) is 1. The van der Waals surface area contributed by atoms with E-state index in [-0.39, 0.29) is 11.1 Å². The Balaban J connectivity index is 1.74. The molecule has 2 aliphatic rings. The molecule has 128 valence electrons. The number of hydrogen-bond acceptors (Lipinski definition) is 4.